The molecule has 0 N–H and O–H groups in total. The number of benzene rings is 10. The van der Waals surface area contributed by atoms with Gasteiger partial charge in [-0.1, -0.05) is 256 Å². The summed E-state index contributed by atoms with van der Waals surface area (Å²) in [4.78, 5) is 1.27. The molecule has 0 radical (unpaired) electrons. The lowest BCUT2D eigenvalue weighted by atomic mass is 9.67. The summed E-state index contributed by atoms with van der Waals surface area (Å²) in [5.74, 6) is 0. The Hall–Kier alpha value is -9.04. The number of fused-ring (bicyclic) bond motifs is 3. The van der Waals surface area contributed by atoms with Crippen molar-refractivity contribution in [2.45, 2.75) is 5.41 Å². The molecule has 0 saturated carbocycles. The Morgan fingerprint density at radius 2 is 0.800 bits per heavy atom. The van der Waals surface area contributed by atoms with Gasteiger partial charge < -0.3 is 4.90 Å². The maximum atomic E-state index is 9.99. The third-order valence-electron chi connectivity index (χ3n) is 12.7. The molecule has 70 heavy (non-hydrogen) atoms. The van der Waals surface area contributed by atoms with Gasteiger partial charge >= 0.3 is 0 Å². The number of anilines is 3. The zero-order valence-corrected chi connectivity index (χ0v) is 38.1. The first-order valence-electron chi connectivity index (χ1n) is 29.0. The summed E-state index contributed by atoms with van der Waals surface area (Å²) in [5, 5.41) is 0. The molecule has 1 nitrogen and oxygen atoms in total. The number of rotatable bonds is 13. The third kappa shape index (κ3) is 8.04. The van der Waals surface area contributed by atoms with Gasteiger partial charge in [-0.2, -0.15) is 0 Å². The van der Waals surface area contributed by atoms with E-state index in [2.05, 4.69) is 43.5 Å². The van der Waals surface area contributed by atoms with Crippen LogP contribution >= 0.6 is 0 Å². The minimum Gasteiger partial charge on any atom is -0.310 e. The van der Waals surface area contributed by atoms with E-state index in [9.17, 15) is 16.4 Å². The van der Waals surface area contributed by atoms with E-state index in [4.69, 9.17) is 0 Å². The van der Waals surface area contributed by atoms with Crippen LogP contribution in [0.15, 0.2) is 286 Å². The topological polar surface area (TPSA) is 3.24 Å². The normalized spacial score (nSPS) is 14.8. The Morgan fingerprint density at radius 1 is 0.343 bits per heavy atom. The highest BCUT2D eigenvalue weighted by molar-refractivity contribution is 5.91. The first-order chi connectivity index (χ1) is 39.7. The van der Waals surface area contributed by atoms with E-state index >= 15 is 0 Å². The number of nitrogens with zero attached hydrogens (tertiary/aromatic N) is 1. The van der Waals surface area contributed by atoms with E-state index in [1.165, 1.54) is 4.90 Å². The molecule has 0 heterocycles. The van der Waals surface area contributed by atoms with Crippen LogP contribution in [0.3, 0.4) is 0 Å². The quantitative estimate of drug-likeness (QED) is 0.104. The van der Waals surface area contributed by atoms with E-state index < -0.39 is 94.7 Å². The summed E-state index contributed by atoms with van der Waals surface area (Å²) in [7, 11) is 0. The van der Waals surface area contributed by atoms with Crippen molar-refractivity contribution in [2.75, 3.05) is 4.90 Å². The molecule has 1 heteroatoms. The van der Waals surface area contributed by atoms with Gasteiger partial charge in [0, 0.05) is 17.1 Å². The monoisotopic (exact) mass is 905 g/mol. The van der Waals surface area contributed by atoms with Crippen LogP contribution < -0.4 is 4.90 Å². The minimum atomic E-state index is -0.980. The van der Waals surface area contributed by atoms with Gasteiger partial charge in [0.1, 0.15) is 0 Å². The van der Waals surface area contributed by atoms with Crippen molar-refractivity contribution in [3.63, 3.8) is 0 Å². The molecule has 0 bridgehead atoms. The molecular weight excluding hydrogens is 843 g/mol. The maximum absolute atomic E-state index is 9.99. The molecule has 0 unspecified atom stereocenters. The van der Waals surface area contributed by atoms with Gasteiger partial charge in [0.05, 0.1) is 21.9 Å². The van der Waals surface area contributed by atoms with Gasteiger partial charge in [-0.3, -0.25) is 0 Å². The van der Waals surface area contributed by atoms with Crippen molar-refractivity contribution < 1.29 is 16.4 Å². The van der Waals surface area contributed by atoms with Gasteiger partial charge in [-0.15, -0.1) is 0 Å². The highest BCUT2D eigenvalue weighted by atomic mass is 15.1. The molecule has 0 aliphatic heterocycles. The lowest BCUT2D eigenvalue weighted by Gasteiger charge is -2.35. The summed E-state index contributed by atoms with van der Waals surface area (Å²) in [6.07, 6.45) is 10.4. The first kappa shape index (κ1) is 31.8. The summed E-state index contributed by atoms with van der Waals surface area (Å²) in [6, 6.07) is 48.5. The fourth-order valence-electron chi connectivity index (χ4n) is 9.56. The van der Waals surface area contributed by atoms with Gasteiger partial charge in [-0.05, 0) is 131 Å². The SMILES string of the molecule is [2H]c1c([2H])c(-c2c([2H])c([2H])c(N(c3ccc4c(c3)C(c3ccccc3)(c3ccccc3)c3ccccc3-4)c3c([2H])c([2H])c(-c4ccccc4-c4ccccc4)c([2H])c3[2H])c([2H])c2[2H])c([2H])c([2H])c1-c1ccc(/C=C\C=C)c(/C=C\C=C)c1. The standard InChI is InChI=1S/C69H51N/c1-3-5-20-50-36-37-57(48-56(50)21-6-4-2)53-34-32-51(33-35-53)52-38-42-60(43-39-52)70(61-44-40-55(41-45-61)64-29-17-16-28-63(64)54-22-10-7-11-23-54)62-46-47-66-65-30-18-19-31-67(65)69(68(66)49-62,58-24-12-8-13-25-58)59-26-14-9-15-27-59/h3-49H,1-2H2/b20-5-,21-6-/i32D,33D,34D,35D,38D,39D,40D,41D,42D,43D,44D,45D. The fraction of sp³-hybridized carbons (Fsp3) is 0.0145. The Morgan fingerprint density at radius 3 is 1.39 bits per heavy atom. The van der Waals surface area contributed by atoms with Crippen LogP contribution in [-0.2, 0) is 5.41 Å². The zero-order chi connectivity index (χ0) is 57.7. The van der Waals surface area contributed by atoms with Crippen molar-refractivity contribution in [2.24, 2.45) is 0 Å². The molecule has 0 fully saturated rings. The van der Waals surface area contributed by atoms with Crippen LogP contribution in [0.5, 0.6) is 0 Å². The molecule has 11 rings (SSSR count). The van der Waals surface area contributed by atoms with Crippen LogP contribution in [0.4, 0.5) is 17.1 Å². The van der Waals surface area contributed by atoms with E-state index in [1.54, 1.807) is 66.8 Å². The lowest BCUT2D eigenvalue weighted by Crippen LogP contribution is -2.28. The highest BCUT2D eigenvalue weighted by Gasteiger charge is 2.46. The lowest BCUT2D eigenvalue weighted by molar-refractivity contribution is 0.768. The molecule has 0 atom stereocenters. The smallest absolute Gasteiger partial charge is 0.0714 e. The predicted octanol–water partition coefficient (Wildman–Crippen LogP) is 18.6. The molecule has 0 saturated heterocycles. The first-order valence-corrected chi connectivity index (χ1v) is 23.0. The maximum Gasteiger partial charge on any atom is 0.0714 e. The van der Waals surface area contributed by atoms with Gasteiger partial charge in [0.25, 0.3) is 0 Å². The summed E-state index contributed by atoms with van der Waals surface area (Å²) >= 11 is 0. The van der Waals surface area contributed by atoms with E-state index in [1.807, 2.05) is 115 Å². The minimum absolute atomic E-state index is 0.0151. The molecule has 0 spiro atoms. The molecule has 1 aliphatic carbocycles. The molecule has 10 aromatic carbocycles. The molecule has 0 aromatic heterocycles. The van der Waals surface area contributed by atoms with E-state index in [0.29, 0.717) is 22.3 Å². The highest BCUT2D eigenvalue weighted by Crippen LogP contribution is 2.57. The van der Waals surface area contributed by atoms with Crippen LogP contribution in [-0.4, -0.2) is 0 Å². The zero-order valence-electron chi connectivity index (χ0n) is 50.1. The average Bonchev–Trinajstić information content (AvgIpc) is 3.92. The van der Waals surface area contributed by atoms with Crippen LogP contribution in [0.2, 0.25) is 0 Å². The Kier molecular flexibility index (Phi) is 8.77. The van der Waals surface area contributed by atoms with Gasteiger partial charge in [0.15, 0.2) is 0 Å². The van der Waals surface area contributed by atoms with Gasteiger partial charge in [0.2, 0.25) is 0 Å². The average molecular weight is 906 g/mol. The molecule has 10 aromatic rings. The van der Waals surface area contributed by atoms with Crippen LogP contribution in [0.25, 0.3) is 67.8 Å². The second kappa shape index (κ2) is 19.3. The van der Waals surface area contributed by atoms with Crippen LogP contribution in [0.1, 0.15) is 49.8 Å². The Balaban J connectivity index is 1.18. The number of allylic oxidation sites excluding steroid dienone is 4. The third-order valence-corrected chi connectivity index (χ3v) is 12.7. The Labute approximate surface area is 429 Å². The van der Waals surface area contributed by atoms with Crippen molar-refractivity contribution in [3.05, 3.63) is 319 Å². The number of hydrogen-bond donors (Lipinski definition) is 0. The largest absolute Gasteiger partial charge is 0.310 e. The fourth-order valence-corrected chi connectivity index (χ4v) is 9.56. The summed E-state index contributed by atoms with van der Waals surface area (Å²) in [6.45, 7) is 7.53. The molecular formula is C69H51N. The second-order valence-electron chi connectivity index (χ2n) is 16.7. The number of hydrogen-bond acceptors (Lipinski definition) is 1. The summed E-state index contributed by atoms with van der Waals surface area (Å²) in [5.41, 5.74) is 6.57. The predicted molar refractivity (Wildman–Crippen MR) is 299 cm³/mol. The summed E-state index contributed by atoms with van der Waals surface area (Å²) < 4.78 is 117. The van der Waals surface area contributed by atoms with Gasteiger partial charge in [-0.25, -0.2) is 0 Å². The van der Waals surface area contributed by atoms with E-state index in [-0.39, 0.29) is 22.5 Å². The molecule has 0 amide bonds. The van der Waals surface area contributed by atoms with Crippen molar-refractivity contribution in [1.29, 1.82) is 0 Å². The second-order valence-corrected chi connectivity index (χ2v) is 16.7. The molecule has 332 valence electrons. The van der Waals surface area contributed by atoms with Crippen molar-refractivity contribution in [1.82, 2.24) is 0 Å². The van der Waals surface area contributed by atoms with Crippen LogP contribution in [0, 0.1) is 0 Å². The Bertz CT molecular complexity index is 4160. The van der Waals surface area contributed by atoms with E-state index in [0.717, 1.165) is 44.5 Å². The van der Waals surface area contributed by atoms with Crippen molar-refractivity contribution in [3.8, 4) is 55.6 Å². The molecule has 1 aliphatic rings. The van der Waals surface area contributed by atoms with Crippen molar-refractivity contribution >= 4 is 29.2 Å².